The number of ether oxygens (including phenoxy) is 1. The average molecular weight is 428 g/mol. The van der Waals surface area contributed by atoms with Crippen molar-refractivity contribution in [3.63, 3.8) is 0 Å². The van der Waals surface area contributed by atoms with Crippen LogP contribution in [0.2, 0.25) is 0 Å². The van der Waals surface area contributed by atoms with E-state index in [9.17, 15) is 9.59 Å². The Balaban J connectivity index is 1.34. The minimum absolute atomic E-state index is 0.212. The number of furan rings is 1. The van der Waals surface area contributed by atoms with Gasteiger partial charge in [0.25, 0.3) is 0 Å². The lowest BCUT2D eigenvalue weighted by molar-refractivity contribution is -0.132. The fourth-order valence-corrected chi connectivity index (χ4v) is 4.38. The molecule has 5 rings (SSSR count). The van der Waals surface area contributed by atoms with Gasteiger partial charge in [0, 0.05) is 29.9 Å². The summed E-state index contributed by atoms with van der Waals surface area (Å²) in [7, 11) is 1.58. The molecular weight excluding hydrogens is 404 g/mol. The Labute approximate surface area is 185 Å². The highest BCUT2D eigenvalue weighted by Crippen LogP contribution is 2.40. The molecule has 2 heterocycles. The molecular formula is C26H24N2O4. The van der Waals surface area contributed by atoms with Crippen molar-refractivity contribution < 1.29 is 18.7 Å². The molecule has 1 aromatic heterocycles. The lowest BCUT2D eigenvalue weighted by Crippen LogP contribution is -2.37. The van der Waals surface area contributed by atoms with E-state index in [0.717, 1.165) is 28.3 Å². The largest absolute Gasteiger partial charge is 0.495 e. The summed E-state index contributed by atoms with van der Waals surface area (Å²) in [5.74, 6) is -0.544. The third-order valence-corrected chi connectivity index (χ3v) is 6.05. The number of para-hydroxylation sites is 1. The number of amides is 2. The number of hydrogen-bond donors (Lipinski definition) is 1. The van der Waals surface area contributed by atoms with Gasteiger partial charge in [0.15, 0.2) is 0 Å². The number of nitrogens with one attached hydrogen (secondary N) is 1. The van der Waals surface area contributed by atoms with Crippen molar-refractivity contribution in [1.29, 1.82) is 0 Å². The number of rotatable bonds is 6. The first-order chi connectivity index (χ1) is 15.7. The highest BCUT2D eigenvalue weighted by Gasteiger charge is 2.38. The lowest BCUT2D eigenvalue weighted by Gasteiger charge is -2.19. The standard InChI is InChI=1S/C26H24N2O4/c1-31-24-15-20-18-9-5-6-10-22(18)32-23(20)16-21(24)28-14-12-19(26(28)30)25(29)27-13-11-17-7-3-2-4-8-17/h2-10,15-16,19H,11-14H2,1H3,(H,27,29)/t19-/m1/s1. The van der Waals surface area contributed by atoms with Crippen LogP contribution in [-0.2, 0) is 16.0 Å². The molecule has 3 aromatic carbocycles. The number of hydrogen-bond acceptors (Lipinski definition) is 4. The van der Waals surface area contributed by atoms with Crippen molar-refractivity contribution in [3.05, 3.63) is 72.3 Å². The van der Waals surface area contributed by atoms with Crippen LogP contribution in [-0.4, -0.2) is 32.0 Å². The number of anilines is 1. The molecule has 162 valence electrons. The molecule has 0 saturated carbocycles. The fourth-order valence-electron chi connectivity index (χ4n) is 4.38. The summed E-state index contributed by atoms with van der Waals surface area (Å²) < 4.78 is 11.6. The van der Waals surface area contributed by atoms with Gasteiger partial charge in [-0.2, -0.15) is 0 Å². The fraction of sp³-hybridized carbons (Fsp3) is 0.231. The number of nitrogens with zero attached hydrogens (tertiary/aromatic N) is 1. The van der Waals surface area contributed by atoms with Crippen molar-refractivity contribution in [2.75, 3.05) is 25.1 Å². The van der Waals surface area contributed by atoms with Gasteiger partial charge in [-0.15, -0.1) is 0 Å². The molecule has 1 N–H and O–H groups in total. The lowest BCUT2D eigenvalue weighted by atomic mass is 10.1. The van der Waals surface area contributed by atoms with Crippen molar-refractivity contribution in [2.45, 2.75) is 12.8 Å². The van der Waals surface area contributed by atoms with E-state index in [-0.39, 0.29) is 11.8 Å². The van der Waals surface area contributed by atoms with E-state index in [2.05, 4.69) is 5.32 Å². The van der Waals surface area contributed by atoms with Crippen LogP contribution < -0.4 is 15.0 Å². The highest BCUT2D eigenvalue weighted by molar-refractivity contribution is 6.12. The Kier molecular flexibility index (Phi) is 5.27. The van der Waals surface area contributed by atoms with E-state index < -0.39 is 5.92 Å². The molecule has 1 aliphatic rings. The molecule has 0 spiro atoms. The molecule has 0 radical (unpaired) electrons. The molecule has 1 atom stereocenters. The van der Waals surface area contributed by atoms with E-state index >= 15 is 0 Å². The molecule has 1 saturated heterocycles. The summed E-state index contributed by atoms with van der Waals surface area (Å²) in [6.45, 7) is 0.957. The van der Waals surface area contributed by atoms with E-state index in [0.29, 0.717) is 36.5 Å². The molecule has 1 aliphatic heterocycles. The third kappa shape index (κ3) is 3.58. The highest BCUT2D eigenvalue weighted by atomic mass is 16.5. The normalized spacial score (nSPS) is 16.1. The van der Waals surface area contributed by atoms with Crippen LogP contribution in [0.4, 0.5) is 5.69 Å². The topological polar surface area (TPSA) is 71.8 Å². The molecule has 0 aliphatic carbocycles. The second kappa shape index (κ2) is 8.38. The Morgan fingerprint density at radius 3 is 2.66 bits per heavy atom. The number of benzene rings is 3. The monoisotopic (exact) mass is 428 g/mol. The Hall–Kier alpha value is -3.80. The van der Waals surface area contributed by atoms with E-state index in [1.807, 2.05) is 66.7 Å². The summed E-state index contributed by atoms with van der Waals surface area (Å²) in [4.78, 5) is 27.5. The third-order valence-electron chi connectivity index (χ3n) is 6.05. The van der Waals surface area contributed by atoms with Gasteiger partial charge in [-0.05, 0) is 30.5 Å². The van der Waals surface area contributed by atoms with Gasteiger partial charge < -0.3 is 19.4 Å². The van der Waals surface area contributed by atoms with Gasteiger partial charge in [-0.3, -0.25) is 9.59 Å². The maximum Gasteiger partial charge on any atom is 0.239 e. The average Bonchev–Trinajstić information content (AvgIpc) is 3.38. The van der Waals surface area contributed by atoms with Gasteiger partial charge in [0.05, 0.1) is 12.8 Å². The Bertz CT molecular complexity index is 1300. The number of methoxy groups -OCH3 is 1. The van der Waals surface area contributed by atoms with Crippen LogP contribution in [0.3, 0.4) is 0 Å². The summed E-state index contributed by atoms with van der Waals surface area (Å²) in [6.07, 6.45) is 1.20. The zero-order chi connectivity index (χ0) is 22.1. The summed E-state index contributed by atoms with van der Waals surface area (Å²) in [5.41, 5.74) is 3.25. The maximum absolute atomic E-state index is 13.1. The molecule has 2 amide bonds. The van der Waals surface area contributed by atoms with Crippen molar-refractivity contribution in [2.24, 2.45) is 5.92 Å². The first-order valence-electron chi connectivity index (χ1n) is 10.8. The van der Waals surface area contributed by atoms with Crippen LogP contribution in [0.1, 0.15) is 12.0 Å². The maximum atomic E-state index is 13.1. The van der Waals surface area contributed by atoms with Gasteiger partial charge in [-0.25, -0.2) is 0 Å². The molecule has 4 aromatic rings. The number of carbonyl (C=O) groups is 2. The number of carbonyl (C=O) groups excluding carboxylic acids is 2. The zero-order valence-electron chi connectivity index (χ0n) is 17.8. The second-order valence-electron chi connectivity index (χ2n) is 7.98. The molecule has 6 heteroatoms. The van der Waals surface area contributed by atoms with Crippen molar-refractivity contribution >= 4 is 39.4 Å². The summed E-state index contributed by atoms with van der Waals surface area (Å²) in [5, 5.41) is 4.84. The quantitative estimate of drug-likeness (QED) is 0.465. The molecule has 0 unspecified atom stereocenters. The summed E-state index contributed by atoms with van der Waals surface area (Å²) >= 11 is 0. The van der Waals surface area contributed by atoms with Gasteiger partial charge in [0.2, 0.25) is 11.8 Å². The Morgan fingerprint density at radius 2 is 1.84 bits per heavy atom. The van der Waals surface area contributed by atoms with Crippen molar-refractivity contribution in [3.8, 4) is 5.75 Å². The van der Waals surface area contributed by atoms with Crippen LogP contribution in [0.25, 0.3) is 21.9 Å². The number of fused-ring (bicyclic) bond motifs is 3. The van der Waals surface area contributed by atoms with Crippen LogP contribution in [0, 0.1) is 5.92 Å². The zero-order valence-corrected chi connectivity index (χ0v) is 17.8. The first-order valence-corrected chi connectivity index (χ1v) is 10.8. The molecule has 6 nitrogen and oxygen atoms in total. The van der Waals surface area contributed by atoms with Crippen molar-refractivity contribution in [1.82, 2.24) is 5.32 Å². The molecule has 32 heavy (non-hydrogen) atoms. The van der Waals surface area contributed by atoms with Crippen LogP contribution in [0.15, 0.2) is 71.1 Å². The predicted octanol–water partition coefficient (Wildman–Crippen LogP) is 4.31. The molecule has 1 fully saturated rings. The summed E-state index contributed by atoms with van der Waals surface area (Å²) in [6, 6.07) is 21.5. The van der Waals surface area contributed by atoms with Gasteiger partial charge in [-0.1, -0.05) is 48.5 Å². The van der Waals surface area contributed by atoms with Gasteiger partial charge in [0.1, 0.15) is 22.8 Å². The second-order valence-corrected chi connectivity index (χ2v) is 7.98. The van der Waals surface area contributed by atoms with E-state index in [1.165, 1.54) is 0 Å². The van der Waals surface area contributed by atoms with Crippen LogP contribution >= 0.6 is 0 Å². The molecule has 0 bridgehead atoms. The SMILES string of the molecule is COc1cc2c(cc1N1CC[C@H](C(=O)NCCc3ccccc3)C1=O)oc1ccccc12. The van der Waals surface area contributed by atoms with Gasteiger partial charge >= 0.3 is 0 Å². The smallest absolute Gasteiger partial charge is 0.239 e. The minimum atomic E-state index is -0.693. The Morgan fingerprint density at radius 1 is 1.06 bits per heavy atom. The first kappa shape index (κ1) is 20.1. The van der Waals surface area contributed by atoms with E-state index in [4.69, 9.17) is 9.15 Å². The predicted molar refractivity (Wildman–Crippen MR) is 124 cm³/mol. The van der Waals surface area contributed by atoms with Crippen LogP contribution in [0.5, 0.6) is 5.75 Å². The van der Waals surface area contributed by atoms with E-state index in [1.54, 1.807) is 12.0 Å². The minimum Gasteiger partial charge on any atom is -0.495 e.